The highest BCUT2D eigenvalue weighted by Gasteiger charge is 2.08. The van der Waals surface area contributed by atoms with Crippen molar-refractivity contribution in [1.29, 1.82) is 0 Å². The smallest absolute Gasteiger partial charge is 0.213 e. The molecule has 1 aromatic rings. The van der Waals surface area contributed by atoms with Gasteiger partial charge in [-0.05, 0) is 35.7 Å². The highest BCUT2D eigenvalue weighted by atomic mass is 127. The number of sulfonamides is 1. The predicted octanol–water partition coefficient (Wildman–Crippen LogP) is 0.974. The lowest BCUT2D eigenvalue weighted by atomic mass is 10.2. The molecule has 0 aliphatic carbocycles. The van der Waals surface area contributed by atoms with Crippen molar-refractivity contribution in [3.63, 3.8) is 0 Å². The number of nitrogen functional groups attached to an aromatic ring is 1. The van der Waals surface area contributed by atoms with E-state index in [4.69, 9.17) is 5.73 Å². The van der Waals surface area contributed by atoms with Crippen molar-refractivity contribution in [1.82, 2.24) is 4.72 Å². The second-order valence-corrected chi connectivity index (χ2v) is 6.51. The second kappa shape index (κ2) is 5.83. The van der Waals surface area contributed by atoms with E-state index in [1.165, 1.54) is 19.2 Å². The van der Waals surface area contributed by atoms with Gasteiger partial charge < -0.3 is 11.1 Å². The number of hydrogen-bond donors (Lipinski definition) is 3. The van der Waals surface area contributed by atoms with E-state index in [9.17, 15) is 12.8 Å². The maximum Gasteiger partial charge on any atom is 0.213 e. The molecule has 0 aliphatic heterocycles. The SMILES string of the molecule is CNS(=O)(=O)CCNc1cc(F)c(I)cc1N. The average Bonchev–Trinajstić information content (AvgIpc) is 2.25. The summed E-state index contributed by atoms with van der Waals surface area (Å²) in [4.78, 5) is 0. The zero-order chi connectivity index (χ0) is 13.1. The fourth-order valence-corrected chi connectivity index (χ4v) is 2.20. The summed E-state index contributed by atoms with van der Waals surface area (Å²) < 4.78 is 38.1. The van der Waals surface area contributed by atoms with Crippen LogP contribution in [0.15, 0.2) is 12.1 Å². The van der Waals surface area contributed by atoms with Crippen LogP contribution in [0.2, 0.25) is 0 Å². The standard InChI is InChI=1S/C9H13FIN3O2S/c1-13-17(15,16)3-2-14-9-4-6(10)7(11)5-8(9)12/h4-5,13-14H,2-3,12H2,1H3. The minimum Gasteiger partial charge on any atom is -0.397 e. The summed E-state index contributed by atoms with van der Waals surface area (Å²) >= 11 is 1.83. The van der Waals surface area contributed by atoms with Gasteiger partial charge in [0.1, 0.15) is 5.82 Å². The number of rotatable bonds is 5. The molecule has 0 aromatic heterocycles. The van der Waals surface area contributed by atoms with Crippen molar-refractivity contribution in [3.05, 3.63) is 21.5 Å². The minimum absolute atomic E-state index is 0.101. The Morgan fingerprint density at radius 3 is 2.71 bits per heavy atom. The normalized spacial score (nSPS) is 11.5. The monoisotopic (exact) mass is 373 g/mol. The van der Waals surface area contributed by atoms with E-state index in [-0.39, 0.29) is 12.3 Å². The van der Waals surface area contributed by atoms with Crippen molar-refractivity contribution < 1.29 is 12.8 Å². The molecule has 0 amide bonds. The van der Waals surface area contributed by atoms with Gasteiger partial charge in [-0.3, -0.25) is 0 Å². The molecule has 0 spiro atoms. The summed E-state index contributed by atoms with van der Waals surface area (Å²) in [6, 6.07) is 2.74. The molecule has 0 saturated carbocycles. The van der Waals surface area contributed by atoms with Crippen LogP contribution in [0.5, 0.6) is 0 Å². The Balaban J connectivity index is 2.68. The molecule has 0 atom stereocenters. The highest BCUT2D eigenvalue weighted by molar-refractivity contribution is 14.1. The number of benzene rings is 1. The van der Waals surface area contributed by atoms with Crippen molar-refractivity contribution >= 4 is 44.0 Å². The second-order valence-electron chi connectivity index (χ2n) is 3.30. The molecule has 0 fully saturated rings. The Morgan fingerprint density at radius 2 is 2.12 bits per heavy atom. The Bertz CT molecular complexity index is 507. The third-order valence-corrected chi connectivity index (χ3v) is 4.28. The summed E-state index contributed by atoms with van der Waals surface area (Å²) in [5.41, 5.74) is 6.46. The van der Waals surface area contributed by atoms with Crippen LogP contribution in [0.25, 0.3) is 0 Å². The third kappa shape index (κ3) is 4.28. The van der Waals surface area contributed by atoms with Crippen molar-refractivity contribution in [3.8, 4) is 0 Å². The van der Waals surface area contributed by atoms with E-state index >= 15 is 0 Å². The van der Waals surface area contributed by atoms with Crippen molar-refractivity contribution in [2.45, 2.75) is 0 Å². The van der Waals surface area contributed by atoms with Crippen molar-refractivity contribution in [2.75, 3.05) is 30.4 Å². The van der Waals surface area contributed by atoms with Gasteiger partial charge in [0.2, 0.25) is 10.0 Å². The van der Waals surface area contributed by atoms with Crippen LogP contribution in [0.4, 0.5) is 15.8 Å². The Kier molecular flexibility index (Phi) is 4.95. The summed E-state index contributed by atoms with van der Waals surface area (Å²) in [5.74, 6) is -0.491. The van der Waals surface area contributed by atoms with E-state index in [2.05, 4.69) is 10.0 Å². The van der Waals surface area contributed by atoms with Crippen LogP contribution in [0, 0.1) is 9.39 Å². The van der Waals surface area contributed by atoms with Gasteiger partial charge in [-0.15, -0.1) is 0 Å². The number of hydrogen-bond acceptors (Lipinski definition) is 4. The number of nitrogens with one attached hydrogen (secondary N) is 2. The quantitative estimate of drug-likeness (QED) is 0.531. The van der Waals surface area contributed by atoms with Crippen LogP contribution in [0.3, 0.4) is 0 Å². The fourth-order valence-electron chi connectivity index (χ4n) is 1.14. The number of nitrogens with two attached hydrogens (primary N) is 1. The van der Waals surface area contributed by atoms with Crippen molar-refractivity contribution in [2.24, 2.45) is 0 Å². The molecule has 0 bridgehead atoms. The van der Waals surface area contributed by atoms with Gasteiger partial charge in [0.25, 0.3) is 0 Å². The molecule has 4 N–H and O–H groups in total. The molecule has 5 nitrogen and oxygen atoms in total. The lowest BCUT2D eigenvalue weighted by Crippen LogP contribution is -2.26. The van der Waals surface area contributed by atoms with Gasteiger partial charge >= 0.3 is 0 Å². The van der Waals surface area contributed by atoms with E-state index in [0.717, 1.165) is 0 Å². The molecule has 1 aromatic carbocycles. The van der Waals surface area contributed by atoms with Gasteiger partial charge in [-0.1, -0.05) is 0 Å². The molecule has 0 saturated heterocycles. The topological polar surface area (TPSA) is 84.2 Å². The molecule has 0 aliphatic rings. The van der Waals surface area contributed by atoms with Gasteiger partial charge in [0, 0.05) is 12.6 Å². The first-order valence-corrected chi connectivity index (χ1v) is 7.48. The number of halogens is 2. The predicted molar refractivity (Wildman–Crippen MR) is 74.9 cm³/mol. The molecular formula is C9H13FIN3O2S. The van der Waals surface area contributed by atoms with Crippen LogP contribution < -0.4 is 15.8 Å². The lowest BCUT2D eigenvalue weighted by Gasteiger charge is -2.10. The maximum absolute atomic E-state index is 13.3. The van der Waals surface area contributed by atoms with Crippen LogP contribution in [-0.2, 0) is 10.0 Å². The first-order chi connectivity index (χ1) is 7.85. The highest BCUT2D eigenvalue weighted by Crippen LogP contribution is 2.23. The number of anilines is 2. The largest absolute Gasteiger partial charge is 0.397 e. The molecule has 1 rings (SSSR count). The summed E-state index contributed by atoms with van der Waals surface area (Å²) in [7, 11) is -1.93. The minimum atomic E-state index is -3.27. The maximum atomic E-state index is 13.3. The van der Waals surface area contributed by atoms with E-state index < -0.39 is 15.8 Å². The summed E-state index contributed by atoms with van der Waals surface area (Å²) in [6.07, 6.45) is 0. The van der Waals surface area contributed by atoms with E-state index in [1.807, 2.05) is 22.6 Å². The zero-order valence-electron chi connectivity index (χ0n) is 9.13. The molecule has 8 heteroatoms. The molecular weight excluding hydrogens is 360 g/mol. The van der Waals surface area contributed by atoms with E-state index in [1.54, 1.807) is 0 Å². The van der Waals surface area contributed by atoms with Gasteiger partial charge in [0.05, 0.1) is 20.7 Å². The first kappa shape index (κ1) is 14.5. The Morgan fingerprint density at radius 1 is 1.47 bits per heavy atom. The molecule has 0 radical (unpaired) electrons. The fraction of sp³-hybridized carbons (Fsp3) is 0.333. The summed E-state index contributed by atoms with van der Waals surface area (Å²) in [6.45, 7) is 0.160. The van der Waals surface area contributed by atoms with Gasteiger partial charge in [-0.2, -0.15) is 0 Å². The zero-order valence-corrected chi connectivity index (χ0v) is 12.1. The Hall–Kier alpha value is -0.610. The van der Waals surface area contributed by atoms with Crippen LogP contribution in [0.1, 0.15) is 0 Å². The molecule has 96 valence electrons. The molecule has 0 unspecified atom stereocenters. The molecule has 0 heterocycles. The van der Waals surface area contributed by atoms with Gasteiger partial charge in [0.15, 0.2) is 0 Å². The summed E-state index contributed by atoms with van der Waals surface area (Å²) in [5, 5.41) is 2.78. The Labute approximate surface area is 113 Å². The molecule has 17 heavy (non-hydrogen) atoms. The average molecular weight is 373 g/mol. The van der Waals surface area contributed by atoms with E-state index in [0.29, 0.717) is 14.9 Å². The first-order valence-electron chi connectivity index (χ1n) is 4.75. The third-order valence-electron chi connectivity index (χ3n) is 2.09. The lowest BCUT2D eigenvalue weighted by molar-refractivity contribution is 0.588. The van der Waals surface area contributed by atoms with Gasteiger partial charge in [-0.25, -0.2) is 17.5 Å². The van der Waals surface area contributed by atoms with Crippen LogP contribution in [-0.4, -0.2) is 27.8 Å². The van der Waals surface area contributed by atoms with Crippen LogP contribution >= 0.6 is 22.6 Å².